The molecule has 23 heavy (non-hydrogen) atoms. The van der Waals surface area contributed by atoms with Crippen LogP contribution >= 0.6 is 0 Å². The van der Waals surface area contributed by atoms with E-state index >= 15 is 0 Å². The molecule has 0 unspecified atom stereocenters. The lowest BCUT2D eigenvalue weighted by Crippen LogP contribution is -2.39. The lowest BCUT2D eigenvalue weighted by Gasteiger charge is -2.27. The van der Waals surface area contributed by atoms with Gasteiger partial charge in [-0.15, -0.1) is 0 Å². The van der Waals surface area contributed by atoms with Crippen molar-refractivity contribution in [2.45, 2.75) is 59.5 Å². The molecule has 130 valence electrons. The number of hydrogen-bond acceptors (Lipinski definition) is 4. The minimum Gasteiger partial charge on any atom is -0.476 e. The Bertz CT molecular complexity index is 478. The average molecular weight is 322 g/mol. The molecule has 0 aliphatic carbocycles. The summed E-state index contributed by atoms with van der Waals surface area (Å²) < 4.78 is 11.1. The number of aromatic nitrogens is 1. The highest BCUT2D eigenvalue weighted by molar-refractivity contribution is 5.68. The Labute approximate surface area is 140 Å². The standard InChI is InChI=1S/C18H30N2O3/c1-7-10-20(17(21)23-18(4,5)6)11-12-22-16-9-8-15(13-19-16)14(2)3/h8-9,13-14H,7,10-12H2,1-6H3. The number of ether oxygens (including phenoxy) is 2. The molecule has 0 saturated carbocycles. The Morgan fingerprint density at radius 3 is 2.43 bits per heavy atom. The van der Waals surface area contributed by atoms with Crippen LogP contribution in [0.5, 0.6) is 5.88 Å². The summed E-state index contributed by atoms with van der Waals surface area (Å²) in [6.07, 6.45) is 2.41. The molecular weight excluding hydrogens is 292 g/mol. The molecule has 0 aliphatic rings. The lowest BCUT2D eigenvalue weighted by atomic mass is 10.1. The van der Waals surface area contributed by atoms with E-state index in [9.17, 15) is 4.79 Å². The van der Waals surface area contributed by atoms with Gasteiger partial charge in [-0.25, -0.2) is 9.78 Å². The van der Waals surface area contributed by atoms with Gasteiger partial charge >= 0.3 is 6.09 Å². The second kappa shape index (κ2) is 8.75. The maximum absolute atomic E-state index is 12.1. The first-order valence-electron chi connectivity index (χ1n) is 8.29. The van der Waals surface area contributed by atoms with Crippen molar-refractivity contribution in [3.63, 3.8) is 0 Å². The first-order chi connectivity index (χ1) is 10.7. The fourth-order valence-electron chi connectivity index (χ4n) is 1.97. The van der Waals surface area contributed by atoms with Crippen LogP contribution in [-0.2, 0) is 4.74 Å². The zero-order valence-corrected chi connectivity index (χ0v) is 15.3. The highest BCUT2D eigenvalue weighted by atomic mass is 16.6. The second-order valence-electron chi connectivity index (χ2n) is 6.90. The summed E-state index contributed by atoms with van der Waals surface area (Å²) in [7, 11) is 0. The van der Waals surface area contributed by atoms with Crippen LogP contribution in [0.25, 0.3) is 0 Å². The quantitative estimate of drug-likeness (QED) is 0.754. The Balaban J connectivity index is 2.50. The summed E-state index contributed by atoms with van der Waals surface area (Å²) in [5.41, 5.74) is 0.691. The van der Waals surface area contributed by atoms with Gasteiger partial charge in [-0.05, 0) is 38.7 Å². The van der Waals surface area contributed by atoms with E-state index in [1.165, 1.54) is 5.56 Å². The number of carbonyl (C=O) groups excluding carboxylic acids is 1. The molecule has 0 fully saturated rings. The van der Waals surface area contributed by atoms with Gasteiger partial charge in [0.1, 0.15) is 12.2 Å². The zero-order valence-electron chi connectivity index (χ0n) is 15.3. The van der Waals surface area contributed by atoms with Gasteiger partial charge in [0.25, 0.3) is 0 Å². The molecular formula is C18H30N2O3. The van der Waals surface area contributed by atoms with E-state index in [-0.39, 0.29) is 6.09 Å². The molecule has 1 heterocycles. The van der Waals surface area contributed by atoms with Gasteiger partial charge in [0.05, 0.1) is 6.54 Å². The minimum atomic E-state index is -0.488. The van der Waals surface area contributed by atoms with Gasteiger partial charge in [0.2, 0.25) is 5.88 Å². The van der Waals surface area contributed by atoms with Crippen molar-refractivity contribution in [1.82, 2.24) is 9.88 Å². The van der Waals surface area contributed by atoms with Crippen molar-refractivity contribution >= 4 is 6.09 Å². The number of nitrogens with zero attached hydrogens (tertiary/aromatic N) is 2. The molecule has 0 radical (unpaired) electrons. The van der Waals surface area contributed by atoms with Crippen LogP contribution in [0.4, 0.5) is 4.79 Å². The van der Waals surface area contributed by atoms with E-state index in [4.69, 9.17) is 9.47 Å². The van der Waals surface area contributed by atoms with Crippen LogP contribution < -0.4 is 4.74 Å². The average Bonchev–Trinajstić information content (AvgIpc) is 2.45. The number of rotatable bonds is 7. The highest BCUT2D eigenvalue weighted by Gasteiger charge is 2.21. The summed E-state index contributed by atoms with van der Waals surface area (Å²) in [5, 5.41) is 0. The maximum Gasteiger partial charge on any atom is 0.410 e. The van der Waals surface area contributed by atoms with E-state index in [0.29, 0.717) is 31.5 Å². The van der Waals surface area contributed by atoms with Crippen LogP contribution in [0.2, 0.25) is 0 Å². The normalized spacial score (nSPS) is 11.4. The van der Waals surface area contributed by atoms with Crippen molar-refractivity contribution in [2.24, 2.45) is 0 Å². The Morgan fingerprint density at radius 1 is 1.26 bits per heavy atom. The van der Waals surface area contributed by atoms with Crippen molar-refractivity contribution in [3.05, 3.63) is 23.9 Å². The number of carbonyl (C=O) groups is 1. The molecule has 5 nitrogen and oxygen atoms in total. The zero-order chi connectivity index (χ0) is 17.5. The summed E-state index contributed by atoms with van der Waals surface area (Å²) in [6.45, 7) is 13.4. The first-order valence-corrected chi connectivity index (χ1v) is 8.29. The molecule has 5 heteroatoms. The SMILES string of the molecule is CCCN(CCOc1ccc(C(C)C)cn1)C(=O)OC(C)(C)C. The summed E-state index contributed by atoms with van der Waals surface area (Å²) in [4.78, 5) is 18.1. The third kappa shape index (κ3) is 7.35. The number of amides is 1. The molecule has 1 aromatic rings. The number of hydrogen-bond donors (Lipinski definition) is 0. The number of pyridine rings is 1. The maximum atomic E-state index is 12.1. The fraction of sp³-hybridized carbons (Fsp3) is 0.667. The van der Waals surface area contributed by atoms with Crippen LogP contribution in [0.3, 0.4) is 0 Å². The molecule has 0 aromatic carbocycles. The third-order valence-corrected chi connectivity index (χ3v) is 3.18. The van der Waals surface area contributed by atoms with E-state index in [1.807, 2.05) is 46.0 Å². The topological polar surface area (TPSA) is 51.7 Å². The van der Waals surface area contributed by atoms with E-state index in [1.54, 1.807) is 4.90 Å². The van der Waals surface area contributed by atoms with Crippen LogP contribution in [-0.4, -0.2) is 41.3 Å². The minimum absolute atomic E-state index is 0.300. The Kier molecular flexibility index (Phi) is 7.33. The molecule has 0 bridgehead atoms. The summed E-state index contributed by atoms with van der Waals surface area (Å²) >= 11 is 0. The van der Waals surface area contributed by atoms with Crippen molar-refractivity contribution < 1.29 is 14.3 Å². The fourth-order valence-corrected chi connectivity index (χ4v) is 1.97. The Morgan fingerprint density at radius 2 is 1.96 bits per heavy atom. The van der Waals surface area contributed by atoms with Crippen LogP contribution in [0.1, 0.15) is 59.4 Å². The predicted molar refractivity (Wildman–Crippen MR) is 91.9 cm³/mol. The van der Waals surface area contributed by atoms with Gasteiger partial charge in [0, 0.05) is 18.8 Å². The molecule has 0 saturated heterocycles. The smallest absolute Gasteiger partial charge is 0.410 e. The van der Waals surface area contributed by atoms with Gasteiger partial charge in [-0.3, -0.25) is 0 Å². The predicted octanol–water partition coefficient (Wildman–Crippen LogP) is 4.23. The van der Waals surface area contributed by atoms with Gasteiger partial charge in [0.15, 0.2) is 0 Å². The lowest BCUT2D eigenvalue weighted by molar-refractivity contribution is 0.0225. The summed E-state index contributed by atoms with van der Waals surface area (Å²) in [5.74, 6) is 1.03. The molecule has 0 aliphatic heterocycles. The van der Waals surface area contributed by atoms with Crippen molar-refractivity contribution in [2.75, 3.05) is 19.7 Å². The van der Waals surface area contributed by atoms with Crippen LogP contribution in [0, 0.1) is 0 Å². The third-order valence-electron chi connectivity index (χ3n) is 3.18. The highest BCUT2D eigenvalue weighted by Crippen LogP contribution is 2.16. The second-order valence-corrected chi connectivity index (χ2v) is 6.90. The molecule has 0 spiro atoms. The van der Waals surface area contributed by atoms with E-state index in [2.05, 4.69) is 18.8 Å². The summed E-state index contributed by atoms with van der Waals surface area (Å²) in [6, 6.07) is 3.89. The van der Waals surface area contributed by atoms with Gasteiger partial charge < -0.3 is 14.4 Å². The Hall–Kier alpha value is -1.78. The molecule has 1 amide bonds. The molecule has 0 N–H and O–H groups in total. The molecule has 1 aromatic heterocycles. The largest absolute Gasteiger partial charge is 0.476 e. The van der Waals surface area contributed by atoms with Crippen LogP contribution in [0.15, 0.2) is 18.3 Å². The monoisotopic (exact) mass is 322 g/mol. The molecule has 1 rings (SSSR count). The van der Waals surface area contributed by atoms with Gasteiger partial charge in [-0.1, -0.05) is 26.8 Å². The van der Waals surface area contributed by atoms with Crippen molar-refractivity contribution in [1.29, 1.82) is 0 Å². The van der Waals surface area contributed by atoms with E-state index in [0.717, 1.165) is 6.42 Å². The molecule has 0 atom stereocenters. The van der Waals surface area contributed by atoms with E-state index < -0.39 is 5.60 Å². The van der Waals surface area contributed by atoms with Gasteiger partial charge in [-0.2, -0.15) is 0 Å². The first kappa shape index (κ1) is 19.3. The van der Waals surface area contributed by atoms with Crippen molar-refractivity contribution in [3.8, 4) is 5.88 Å².